The molecule has 0 aliphatic heterocycles. The van der Waals surface area contributed by atoms with Crippen molar-refractivity contribution in [1.29, 1.82) is 0 Å². The highest BCUT2D eigenvalue weighted by Gasteiger charge is 2.30. The van der Waals surface area contributed by atoms with E-state index in [-0.39, 0.29) is 16.7 Å². The monoisotopic (exact) mass is 333 g/mol. The van der Waals surface area contributed by atoms with Gasteiger partial charge in [0.2, 0.25) is 0 Å². The van der Waals surface area contributed by atoms with E-state index in [0.29, 0.717) is 0 Å². The Morgan fingerprint density at radius 2 is 1.71 bits per heavy atom. The minimum atomic E-state index is -4.41. The number of aryl methyl sites for hydroxylation is 1. The molecule has 3 rings (SSSR count). The lowest BCUT2D eigenvalue weighted by Gasteiger charge is -2.09. The van der Waals surface area contributed by atoms with Crippen LogP contribution in [0.3, 0.4) is 0 Å². The highest BCUT2D eigenvalue weighted by molar-refractivity contribution is 5.63. The van der Waals surface area contributed by atoms with Crippen LogP contribution < -0.4 is 5.56 Å². The zero-order chi connectivity index (χ0) is 17.6. The van der Waals surface area contributed by atoms with Crippen molar-refractivity contribution in [3.05, 3.63) is 83.3 Å². The van der Waals surface area contributed by atoms with Gasteiger partial charge in [-0.1, -0.05) is 12.1 Å². The highest BCUT2D eigenvalue weighted by Crippen LogP contribution is 2.31. The summed E-state index contributed by atoms with van der Waals surface area (Å²) in [6.07, 6.45) is 2.02. The van der Waals surface area contributed by atoms with Gasteiger partial charge in [0.15, 0.2) is 0 Å². The maximum Gasteiger partial charge on any atom is 0.416 e. The summed E-state index contributed by atoms with van der Waals surface area (Å²) in [4.78, 5) is 19.2. The number of hydrogen-bond acceptors (Lipinski definition) is 3. The highest BCUT2D eigenvalue weighted by atomic mass is 19.4. The van der Waals surface area contributed by atoms with Crippen LogP contribution in [-0.2, 0) is 13.2 Å². The maximum atomic E-state index is 12.6. The molecule has 0 radical (unpaired) electrons. The third-order valence-corrected chi connectivity index (χ3v) is 3.10. The van der Waals surface area contributed by atoms with Gasteiger partial charge >= 0.3 is 6.18 Å². The largest absolute Gasteiger partial charge is 0.416 e. The van der Waals surface area contributed by atoms with Gasteiger partial charge in [0, 0.05) is 31.2 Å². The summed E-state index contributed by atoms with van der Waals surface area (Å²) in [5.41, 5.74) is -0.556. The first-order valence-electron chi connectivity index (χ1n) is 6.93. The van der Waals surface area contributed by atoms with Crippen molar-refractivity contribution in [2.24, 2.45) is 7.05 Å². The van der Waals surface area contributed by atoms with E-state index >= 15 is 0 Å². The van der Waals surface area contributed by atoms with Gasteiger partial charge in [-0.2, -0.15) is 13.2 Å². The Kier molecular flexibility index (Phi) is 5.47. The van der Waals surface area contributed by atoms with Crippen molar-refractivity contribution in [2.45, 2.75) is 6.18 Å². The fourth-order valence-electron chi connectivity index (χ4n) is 1.93. The molecule has 0 N–H and O–H groups in total. The molecule has 4 nitrogen and oxygen atoms in total. The van der Waals surface area contributed by atoms with Gasteiger partial charge in [-0.3, -0.25) is 4.79 Å². The molecule has 0 aliphatic carbocycles. The molecule has 0 saturated heterocycles. The Balaban J connectivity index is 0.000000292. The van der Waals surface area contributed by atoms with Crippen molar-refractivity contribution < 1.29 is 13.2 Å². The molecule has 7 heteroatoms. The molecule has 0 bridgehead atoms. The van der Waals surface area contributed by atoms with E-state index in [1.54, 1.807) is 37.8 Å². The summed E-state index contributed by atoms with van der Waals surface area (Å²) in [7, 11) is 1.56. The average Bonchev–Trinajstić information content (AvgIpc) is 2.59. The molecule has 124 valence electrons. The van der Waals surface area contributed by atoms with Crippen molar-refractivity contribution in [2.75, 3.05) is 0 Å². The van der Waals surface area contributed by atoms with Gasteiger partial charge in [0.05, 0.1) is 5.56 Å². The third-order valence-electron chi connectivity index (χ3n) is 3.10. The molecular weight excluding hydrogens is 319 g/mol. The van der Waals surface area contributed by atoms with Gasteiger partial charge in [-0.05, 0) is 35.9 Å². The summed E-state index contributed by atoms with van der Waals surface area (Å²) in [6.45, 7) is 0. The molecule has 0 spiro atoms. The van der Waals surface area contributed by atoms with E-state index in [2.05, 4.69) is 9.97 Å². The van der Waals surface area contributed by atoms with E-state index in [1.165, 1.54) is 29.1 Å². The lowest BCUT2D eigenvalue weighted by Crippen LogP contribution is -2.17. The summed E-state index contributed by atoms with van der Waals surface area (Å²) < 4.78 is 39.1. The molecule has 0 fully saturated rings. The van der Waals surface area contributed by atoms with E-state index < -0.39 is 11.7 Å². The molecule has 1 aromatic carbocycles. The lowest BCUT2D eigenvalue weighted by atomic mass is 10.0. The molecule has 2 aromatic heterocycles. The number of pyridine rings is 1. The number of nitrogens with zero attached hydrogens (tertiary/aromatic N) is 3. The molecule has 0 aliphatic rings. The Labute approximate surface area is 136 Å². The van der Waals surface area contributed by atoms with Crippen LogP contribution in [0.15, 0.2) is 72.2 Å². The van der Waals surface area contributed by atoms with E-state index in [4.69, 9.17) is 0 Å². The normalized spacial score (nSPS) is 10.7. The van der Waals surface area contributed by atoms with E-state index in [0.717, 1.165) is 12.1 Å². The zero-order valence-electron chi connectivity index (χ0n) is 12.7. The third kappa shape index (κ3) is 4.52. The van der Waals surface area contributed by atoms with E-state index in [9.17, 15) is 18.0 Å². The van der Waals surface area contributed by atoms with Crippen LogP contribution in [0.1, 0.15) is 5.56 Å². The SMILES string of the molecule is Cn1cccc(-c2cccc(C(F)(F)F)c2)c1=O.c1cncnc1. The smallest absolute Gasteiger partial charge is 0.318 e. The van der Waals surface area contributed by atoms with Crippen molar-refractivity contribution in [1.82, 2.24) is 14.5 Å². The second-order valence-corrected chi connectivity index (χ2v) is 4.82. The summed E-state index contributed by atoms with van der Waals surface area (Å²) in [5.74, 6) is 0. The first-order chi connectivity index (χ1) is 11.4. The first-order valence-corrected chi connectivity index (χ1v) is 6.93. The Morgan fingerprint density at radius 1 is 1.00 bits per heavy atom. The molecule has 0 saturated carbocycles. The predicted octanol–water partition coefficient (Wildman–Crippen LogP) is 3.55. The summed E-state index contributed by atoms with van der Waals surface area (Å²) in [6, 6.07) is 9.67. The van der Waals surface area contributed by atoms with Crippen LogP contribution in [0.4, 0.5) is 13.2 Å². The summed E-state index contributed by atoms with van der Waals surface area (Å²) >= 11 is 0. The van der Waals surface area contributed by atoms with Gasteiger partial charge in [0.1, 0.15) is 6.33 Å². The van der Waals surface area contributed by atoms with Crippen molar-refractivity contribution in [3.63, 3.8) is 0 Å². The van der Waals surface area contributed by atoms with Crippen molar-refractivity contribution >= 4 is 0 Å². The van der Waals surface area contributed by atoms with Crippen LogP contribution in [-0.4, -0.2) is 14.5 Å². The van der Waals surface area contributed by atoms with Crippen molar-refractivity contribution in [3.8, 4) is 11.1 Å². The number of benzene rings is 1. The number of hydrogen-bond donors (Lipinski definition) is 0. The van der Waals surface area contributed by atoms with Gasteiger partial charge < -0.3 is 4.57 Å². The van der Waals surface area contributed by atoms with Crippen LogP contribution in [0, 0.1) is 0 Å². The number of aromatic nitrogens is 3. The molecule has 0 atom stereocenters. The topological polar surface area (TPSA) is 47.8 Å². The second kappa shape index (κ2) is 7.54. The fourth-order valence-corrected chi connectivity index (χ4v) is 1.93. The minimum absolute atomic E-state index is 0.256. The van der Waals surface area contributed by atoms with Crippen LogP contribution in [0.2, 0.25) is 0 Å². The minimum Gasteiger partial charge on any atom is -0.318 e. The van der Waals surface area contributed by atoms with Gasteiger partial charge in [-0.25, -0.2) is 9.97 Å². The van der Waals surface area contributed by atoms with Crippen LogP contribution >= 0.6 is 0 Å². The van der Waals surface area contributed by atoms with Crippen LogP contribution in [0.25, 0.3) is 11.1 Å². The number of rotatable bonds is 1. The Morgan fingerprint density at radius 3 is 2.25 bits per heavy atom. The van der Waals surface area contributed by atoms with Gasteiger partial charge in [-0.15, -0.1) is 0 Å². The fraction of sp³-hybridized carbons (Fsp3) is 0.118. The maximum absolute atomic E-state index is 12.6. The molecule has 0 unspecified atom stereocenters. The molecule has 0 amide bonds. The summed E-state index contributed by atoms with van der Waals surface area (Å²) in [5, 5.41) is 0. The Hall–Kier alpha value is -2.96. The lowest BCUT2D eigenvalue weighted by molar-refractivity contribution is -0.137. The number of halogens is 3. The molecule has 2 heterocycles. The van der Waals surface area contributed by atoms with Crippen LogP contribution in [0.5, 0.6) is 0 Å². The zero-order valence-corrected chi connectivity index (χ0v) is 12.7. The predicted molar refractivity (Wildman–Crippen MR) is 84.2 cm³/mol. The molecule has 3 aromatic rings. The standard InChI is InChI=1S/C13H10F3NO.C4H4N2/c1-17-7-3-6-11(12(17)18)9-4-2-5-10(8-9)13(14,15)16;1-2-5-4-6-3-1/h2-8H,1H3;1-4H. The number of alkyl halides is 3. The van der Waals surface area contributed by atoms with Gasteiger partial charge in [0.25, 0.3) is 5.56 Å². The average molecular weight is 333 g/mol. The quantitative estimate of drug-likeness (QED) is 0.684. The second-order valence-electron chi connectivity index (χ2n) is 4.82. The van der Waals surface area contributed by atoms with E-state index in [1.807, 2.05) is 0 Å². The first kappa shape index (κ1) is 17.4. The Bertz CT molecular complexity index is 819. The molecular formula is C17H14F3N3O. The molecule has 24 heavy (non-hydrogen) atoms.